The zero-order valence-electron chi connectivity index (χ0n) is 11.3. The number of anilines is 1. The molecule has 0 heterocycles. The van der Waals surface area contributed by atoms with E-state index in [0.29, 0.717) is 6.54 Å². The summed E-state index contributed by atoms with van der Waals surface area (Å²) in [5, 5.41) is 15.3. The van der Waals surface area contributed by atoms with Gasteiger partial charge in [-0.25, -0.2) is 0 Å². The van der Waals surface area contributed by atoms with Crippen molar-refractivity contribution in [2.75, 3.05) is 18.5 Å². The highest BCUT2D eigenvalue weighted by atomic mass is 16.3. The number of benzene rings is 1. The molecular formula is C14H22N2O2. The molecule has 0 aromatic heterocycles. The van der Waals surface area contributed by atoms with E-state index in [4.69, 9.17) is 5.11 Å². The largest absolute Gasteiger partial charge is 0.396 e. The third-order valence-electron chi connectivity index (χ3n) is 2.68. The van der Waals surface area contributed by atoms with E-state index in [-0.39, 0.29) is 17.9 Å². The van der Waals surface area contributed by atoms with Crippen LogP contribution in [0, 0.1) is 5.41 Å². The van der Waals surface area contributed by atoms with Crippen molar-refractivity contribution in [1.82, 2.24) is 5.32 Å². The van der Waals surface area contributed by atoms with Crippen molar-refractivity contribution in [2.45, 2.75) is 27.3 Å². The summed E-state index contributed by atoms with van der Waals surface area (Å²) in [6.07, 6.45) is 0. The van der Waals surface area contributed by atoms with Crippen molar-refractivity contribution in [3.05, 3.63) is 29.8 Å². The van der Waals surface area contributed by atoms with E-state index in [9.17, 15) is 4.79 Å². The molecule has 100 valence electrons. The lowest BCUT2D eigenvalue weighted by Crippen LogP contribution is -2.32. The number of carbonyl (C=O) groups excluding carboxylic acids is 1. The Hall–Kier alpha value is -1.39. The average Bonchev–Trinajstić information content (AvgIpc) is 2.30. The maximum Gasteiger partial charge on any atom is 0.221 e. The van der Waals surface area contributed by atoms with Gasteiger partial charge in [0.1, 0.15) is 0 Å². The molecule has 3 N–H and O–H groups in total. The van der Waals surface area contributed by atoms with Gasteiger partial charge in [0.15, 0.2) is 0 Å². The Balaban J connectivity index is 2.59. The van der Waals surface area contributed by atoms with Crippen LogP contribution in [0.3, 0.4) is 0 Å². The maximum absolute atomic E-state index is 11.1. The van der Waals surface area contributed by atoms with Gasteiger partial charge in [0, 0.05) is 37.7 Å². The molecule has 0 aliphatic carbocycles. The Bertz CT molecular complexity index is 403. The van der Waals surface area contributed by atoms with Gasteiger partial charge in [-0.1, -0.05) is 32.0 Å². The van der Waals surface area contributed by atoms with Crippen molar-refractivity contribution in [3.8, 4) is 0 Å². The molecule has 4 heteroatoms. The molecule has 0 atom stereocenters. The van der Waals surface area contributed by atoms with Crippen LogP contribution in [-0.2, 0) is 11.3 Å². The summed E-state index contributed by atoms with van der Waals surface area (Å²) in [6.45, 7) is 7.03. The second-order valence-corrected chi connectivity index (χ2v) is 5.26. The fourth-order valence-corrected chi connectivity index (χ4v) is 1.58. The van der Waals surface area contributed by atoms with Crippen molar-refractivity contribution in [3.63, 3.8) is 0 Å². The van der Waals surface area contributed by atoms with E-state index in [0.717, 1.165) is 17.8 Å². The Morgan fingerprint density at radius 2 is 2.00 bits per heavy atom. The fourth-order valence-electron chi connectivity index (χ4n) is 1.58. The predicted molar refractivity (Wildman–Crippen MR) is 73.3 cm³/mol. The molecular weight excluding hydrogens is 228 g/mol. The standard InChI is InChI=1S/C14H22N2O2/c1-11(18)16-13-7-5-4-6-12(13)8-15-9-14(2,3)10-17/h4-7,15,17H,8-10H2,1-3H3,(H,16,18). The lowest BCUT2D eigenvalue weighted by molar-refractivity contribution is -0.114. The minimum absolute atomic E-state index is 0.0712. The van der Waals surface area contributed by atoms with Crippen molar-refractivity contribution in [1.29, 1.82) is 0 Å². The van der Waals surface area contributed by atoms with Crippen molar-refractivity contribution in [2.24, 2.45) is 5.41 Å². The molecule has 1 rings (SSSR count). The van der Waals surface area contributed by atoms with Gasteiger partial charge >= 0.3 is 0 Å². The van der Waals surface area contributed by atoms with Crippen LogP contribution in [-0.4, -0.2) is 24.2 Å². The minimum Gasteiger partial charge on any atom is -0.396 e. The molecule has 0 radical (unpaired) electrons. The van der Waals surface area contributed by atoms with Crippen LogP contribution < -0.4 is 10.6 Å². The van der Waals surface area contributed by atoms with Gasteiger partial charge in [-0.05, 0) is 11.6 Å². The summed E-state index contributed by atoms with van der Waals surface area (Å²) in [4.78, 5) is 11.1. The number of aliphatic hydroxyl groups excluding tert-OH is 1. The van der Waals surface area contributed by atoms with E-state index in [1.807, 2.05) is 38.1 Å². The zero-order chi connectivity index (χ0) is 13.6. The predicted octanol–water partition coefficient (Wildman–Crippen LogP) is 1.75. The third-order valence-corrected chi connectivity index (χ3v) is 2.68. The minimum atomic E-state index is -0.136. The highest BCUT2D eigenvalue weighted by Crippen LogP contribution is 2.16. The van der Waals surface area contributed by atoms with E-state index < -0.39 is 0 Å². The van der Waals surface area contributed by atoms with E-state index >= 15 is 0 Å². The van der Waals surface area contributed by atoms with Crippen LogP contribution in [0.4, 0.5) is 5.69 Å². The number of para-hydroxylation sites is 1. The summed E-state index contributed by atoms with van der Waals surface area (Å²) in [6, 6.07) is 7.70. The van der Waals surface area contributed by atoms with Crippen LogP contribution >= 0.6 is 0 Å². The zero-order valence-corrected chi connectivity index (χ0v) is 11.3. The average molecular weight is 250 g/mol. The van der Waals surface area contributed by atoms with Gasteiger partial charge in [0.2, 0.25) is 5.91 Å². The SMILES string of the molecule is CC(=O)Nc1ccccc1CNCC(C)(C)CO. The van der Waals surface area contributed by atoms with Crippen LogP contribution in [0.1, 0.15) is 26.3 Å². The number of carbonyl (C=O) groups is 1. The molecule has 1 aromatic rings. The van der Waals surface area contributed by atoms with E-state index in [2.05, 4.69) is 10.6 Å². The van der Waals surface area contributed by atoms with Crippen LogP contribution in [0.5, 0.6) is 0 Å². The molecule has 0 saturated heterocycles. The normalized spacial score (nSPS) is 11.3. The van der Waals surface area contributed by atoms with Gasteiger partial charge in [0.25, 0.3) is 0 Å². The molecule has 1 amide bonds. The molecule has 0 bridgehead atoms. The first-order chi connectivity index (χ1) is 8.44. The van der Waals surface area contributed by atoms with E-state index in [1.54, 1.807) is 0 Å². The topological polar surface area (TPSA) is 61.4 Å². The van der Waals surface area contributed by atoms with Gasteiger partial charge in [-0.3, -0.25) is 4.79 Å². The highest BCUT2D eigenvalue weighted by Gasteiger charge is 2.15. The van der Waals surface area contributed by atoms with Gasteiger partial charge in [-0.2, -0.15) is 0 Å². The lowest BCUT2D eigenvalue weighted by Gasteiger charge is -2.22. The number of hydrogen-bond acceptors (Lipinski definition) is 3. The number of rotatable bonds is 6. The molecule has 4 nitrogen and oxygen atoms in total. The Morgan fingerprint density at radius 1 is 1.33 bits per heavy atom. The third kappa shape index (κ3) is 4.85. The van der Waals surface area contributed by atoms with Gasteiger partial charge < -0.3 is 15.7 Å². The molecule has 18 heavy (non-hydrogen) atoms. The Labute approximate surface area is 108 Å². The van der Waals surface area contributed by atoms with Crippen molar-refractivity contribution < 1.29 is 9.90 Å². The molecule has 0 spiro atoms. The second-order valence-electron chi connectivity index (χ2n) is 5.26. The second kappa shape index (κ2) is 6.52. The first-order valence-corrected chi connectivity index (χ1v) is 6.12. The Morgan fingerprint density at radius 3 is 2.61 bits per heavy atom. The summed E-state index contributed by atoms with van der Waals surface area (Å²) in [5.41, 5.74) is 1.74. The first-order valence-electron chi connectivity index (χ1n) is 6.12. The fraction of sp³-hybridized carbons (Fsp3) is 0.500. The van der Waals surface area contributed by atoms with Crippen LogP contribution in [0.15, 0.2) is 24.3 Å². The molecule has 0 saturated carbocycles. The summed E-state index contributed by atoms with van der Waals surface area (Å²) in [5.74, 6) is -0.0712. The monoisotopic (exact) mass is 250 g/mol. The molecule has 0 aliphatic heterocycles. The summed E-state index contributed by atoms with van der Waals surface area (Å²) >= 11 is 0. The number of nitrogens with one attached hydrogen (secondary N) is 2. The van der Waals surface area contributed by atoms with Crippen LogP contribution in [0.25, 0.3) is 0 Å². The molecule has 0 unspecified atom stereocenters. The first kappa shape index (κ1) is 14.7. The summed E-state index contributed by atoms with van der Waals surface area (Å²) in [7, 11) is 0. The molecule has 0 fully saturated rings. The highest BCUT2D eigenvalue weighted by molar-refractivity contribution is 5.89. The van der Waals surface area contributed by atoms with E-state index in [1.165, 1.54) is 6.92 Å². The van der Waals surface area contributed by atoms with Crippen molar-refractivity contribution >= 4 is 11.6 Å². The smallest absolute Gasteiger partial charge is 0.221 e. The Kier molecular flexibility index (Phi) is 5.31. The van der Waals surface area contributed by atoms with Crippen LogP contribution in [0.2, 0.25) is 0 Å². The number of hydrogen-bond donors (Lipinski definition) is 3. The molecule has 1 aromatic carbocycles. The molecule has 0 aliphatic rings. The maximum atomic E-state index is 11.1. The lowest BCUT2D eigenvalue weighted by atomic mass is 9.95. The van der Waals surface area contributed by atoms with Gasteiger partial charge in [-0.15, -0.1) is 0 Å². The summed E-state index contributed by atoms with van der Waals surface area (Å²) < 4.78 is 0. The quantitative estimate of drug-likeness (QED) is 0.721. The van der Waals surface area contributed by atoms with Gasteiger partial charge in [0.05, 0.1) is 0 Å². The number of amides is 1. The number of aliphatic hydroxyl groups is 1.